The third-order valence-corrected chi connectivity index (χ3v) is 1.43. The lowest BCUT2D eigenvalue weighted by molar-refractivity contribution is 0.102. The normalized spacial score (nSPS) is 11.0. The number of rotatable bonds is 4. The topological polar surface area (TPSA) is 42.2 Å². The van der Waals surface area contributed by atoms with Crippen LogP contribution in [0, 0.1) is 0 Å². The van der Waals surface area contributed by atoms with E-state index in [1.807, 2.05) is 13.8 Å². The van der Waals surface area contributed by atoms with Crippen molar-refractivity contribution in [1.29, 1.82) is 0 Å². The zero-order valence-electron chi connectivity index (χ0n) is 7.78. The Morgan fingerprint density at radius 1 is 1.62 bits per heavy atom. The molecule has 0 atom stereocenters. The molecule has 13 heavy (non-hydrogen) atoms. The van der Waals surface area contributed by atoms with E-state index in [1.54, 1.807) is 18.3 Å². The molecule has 0 amide bonds. The highest BCUT2D eigenvalue weighted by Gasteiger charge is 2.02. The van der Waals surface area contributed by atoms with Crippen LogP contribution in [0.3, 0.4) is 0 Å². The molecule has 0 saturated heterocycles. The molecule has 0 aliphatic rings. The summed E-state index contributed by atoms with van der Waals surface area (Å²) < 4.78 is 4.92. The Hall–Kier alpha value is -1.51. The second-order valence-corrected chi connectivity index (χ2v) is 3.00. The summed E-state index contributed by atoms with van der Waals surface area (Å²) in [5.41, 5.74) is 0. The first kappa shape index (κ1) is 9.58. The number of hydrogen-bond acceptors (Lipinski definition) is 3. The molecule has 3 heteroatoms. The minimum Gasteiger partial charge on any atom is -0.461 e. The van der Waals surface area contributed by atoms with E-state index >= 15 is 0 Å². The highest BCUT2D eigenvalue weighted by atomic mass is 16.3. The molecule has 0 spiro atoms. The lowest BCUT2D eigenvalue weighted by Crippen LogP contribution is -2.15. The summed E-state index contributed by atoms with van der Waals surface area (Å²) >= 11 is 0. The van der Waals surface area contributed by atoms with Crippen molar-refractivity contribution in [2.24, 2.45) is 0 Å². The highest BCUT2D eigenvalue weighted by molar-refractivity contribution is 6.02. The summed E-state index contributed by atoms with van der Waals surface area (Å²) in [4.78, 5) is 11.3. The molecule has 0 bridgehead atoms. The van der Waals surface area contributed by atoms with E-state index < -0.39 is 0 Å². The predicted molar refractivity (Wildman–Crippen MR) is 50.5 cm³/mol. The van der Waals surface area contributed by atoms with Crippen molar-refractivity contribution in [1.82, 2.24) is 5.32 Å². The third-order valence-electron chi connectivity index (χ3n) is 1.43. The van der Waals surface area contributed by atoms with Gasteiger partial charge < -0.3 is 9.73 Å². The van der Waals surface area contributed by atoms with Gasteiger partial charge in [0.15, 0.2) is 5.76 Å². The van der Waals surface area contributed by atoms with Crippen molar-refractivity contribution in [2.45, 2.75) is 19.9 Å². The van der Waals surface area contributed by atoms with Gasteiger partial charge in [0.2, 0.25) is 5.78 Å². The molecule has 1 heterocycles. The van der Waals surface area contributed by atoms with Crippen LogP contribution in [0.15, 0.2) is 35.1 Å². The number of carbonyl (C=O) groups is 1. The van der Waals surface area contributed by atoms with Crippen LogP contribution in [0.5, 0.6) is 0 Å². The molecule has 0 saturated carbocycles. The average molecular weight is 179 g/mol. The first-order chi connectivity index (χ1) is 6.20. The van der Waals surface area contributed by atoms with Gasteiger partial charge in [-0.1, -0.05) is 0 Å². The van der Waals surface area contributed by atoms with Gasteiger partial charge >= 0.3 is 0 Å². The Kier molecular flexibility index (Phi) is 3.31. The van der Waals surface area contributed by atoms with Crippen molar-refractivity contribution in [3.63, 3.8) is 0 Å². The highest BCUT2D eigenvalue weighted by Crippen LogP contribution is 2.01. The fraction of sp³-hybridized carbons (Fsp3) is 0.300. The van der Waals surface area contributed by atoms with Gasteiger partial charge in [-0.2, -0.15) is 0 Å². The number of ketones is 1. The van der Waals surface area contributed by atoms with E-state index in [0.29, 0.717) is 11.8 Å². The van der Waals surface area contributed by atoms with Crippen LogP contribution in [-0.2, 0) is 0 Å². The summed E-state index contributed by atoms with van der Waals surface area (Å²) in [6, 6.07) is 3.67. The summed E-state index contributed by atoms with van der Waals surface area (Å²) in [5, 5.41) is 3.00. The second kappa shape index (κ2) is 4.50. The van der Waals surface area contributed by atoms with Crippen molar-refractivity contribution in [3.05, 3.63) is 36.4 Å². The van der Waals surface area contributed by atoms with Crippen molar-refractivity contribution in [2.75, 3.05) is 0 Å². The molecule has 0 radical (unpaired) electrons. The number of carbonyl (C=O) groups excluding carboxylic acids is 1. The van der Waals surface area contributed by atoms with Crippen LogP contribution in [0.4, 0.5) is 0 Å². The number of nitrogens with one attached hydrogen (secondary N) is 1. The van der Waals surface area contributed by atoms with Gasteiger partial charge in [0.1, 0.15) is 0 Å². The van der Waals surface area contributed by atoms with Crippen molar-refractivity contribution < 1.29 is 9.21 Å². The number of allylic oxidation sites excluding steroid dienone is 1. The molecular formula is C10H13NO2. The molecule has 1 rings (SSSR count). The quantitative estimate of drug-likeness (QED) is 0.567. The van der Waals surface area contributed by atoms with Gasteiger partial charge in [0.25, 0.3) is 0 Å². The van der Waals surface area contributed by atoms with Gasteiger partial charge in [-0.25, -0.2) is 0 Å². The van der Waals surface area contributed by atoms with Gasteiger partial charge in [0, 0.05) is 18.3 Å². The average Bonchev–Trinajstić information content (AvgIpc) is 2.55. The minimum atomic E-state index is -0.127. The molecule has 3 nitrogen and oxygen atoms in total. The Morgan fingerprint density at radius 2 is 2.38 bits per heavy atom. The Morgan fingerprint density at radius 3 is 2.92 bits per heavy atom. The van der Waals surface area contributed by atoms with Crippen LogP contribution in [0.2, 0.25) is 0 Å². The van der Waals surface area contributed by atoms with E-state index in [0.717, 1.165) is 0 Å². The van der Waals surface area contributed by atoms with E-state index in [9.17, 15) is 4.79 Å². The third kappa shape index (κ3) is 3.15. The summed E-state index contributed by atoms with van der Waals surface area (Å²) in [5.74, 6) is 0.236. The van der Waals surface area contributed by atoms with E-state index in [1.165, 1.54) is 12.3 Å². The van der Waals surface area contributed by atoms with Crippen LogP contribution in [0.1, 0.15) is 24.4 Å². The summed E-state index contributed by atoms with van der Waals surface area (Å²) in [6.07, 6.45) is 4.57. The zero-order chi connectivity index (χ0) is 9.68. The molecule has 0 fully saturated rings. The number of hydrogen-bond donors (Lipinski definition) is 1. The SMILES string of the molecule is CC(C)N/C=C/C(=O)c1ccco1. The summed E-state index contributed by atoms with van der Waals surface area (Å²) in [7, 11) is 0. The van der Waals surface area contributed by atoms with Crippen LogP contribution in [0.25, 0.3) is 0 Å². The lowest BCUT2D eigenvalue weighted by Gasteiger charge is -2.01. The van der Waals surface area contributed by atoms with E-state index in [4.69, 9.17) is 4.42 Å². The summed E-state index contributed by atoms with van der Waals surface area (Å²) in [6.45, 7) is 4.00. The molecular weight excluding hydrogens is 166 g/mol. The fourth-order valence-electron chi connectivity index (χ4n) is 0.817. The molecule has 0 aliphatic heterocycles. The monoisotopic (exact) mass is 179 g/mol. The van der Waals surface area contributed by atoms with Gasteiger partial charge in [-0.15, -0.1) is 0 Å². The largest absolute Gasteiger partial charge is 0.461 e. The smallest absolute Gasteiger partial charge is 0.222 e. The maximum Gasteiger partial charge on any atom is 0.222 e. The Balaban J connectivity index is 2.47. The van der Waals surface area contributed by atoms with Gasteiger partial charge in [-0.3, -0.25) is 4.79 Å². The zero-order valence-corrected chi connectivity index (χ0v) is 7.78. The van der Waals surface area contributed by atoms with Crippen LogP contribution in [-0.4, -0.2) is 11.8 Å². The lowest BCUT2D eigenvalue weighted by atomic mass is 10.3. The molecule has 70 valence electrons. The minimum absolute atomic E-state index is 0.127. The molecule has 0 aliphatic carbocycles. The standard InChI is InChI=1S/C10H13NO2/c1-8(2)11-6-5-9(12)10-4-3-7-13-10/h3-8,11H,1-2H3/b6-5+. The molecule has 0 aromatic carbocycles. The molecule has 1 N–H and O–H groups in total. The van der Waals surface area contributed by atoms with Crippen molar-refractivity contribution in [3.8, 4) is 0 Å². The van der Waals surface area contributed by atoms with E-state index in [-0.39, 0.29) is 5.78 Å². The number of furan rings is 1. The van der Waals surface area contributed by atoms with Crippen LogP contribution < -0.4 is 5.32 Å². The molecule has 1 aromatic rings. The van der Waals surface area contributed by atoms with Crippen LogP contribution >= 0.6 is 0 Å². The Labute approximate surface area is 77.4 Å². The maximum atomic E-state index is 11.3. The first-order valence-electron chi connectivity index (χ1n) is 4.20. The predicted octanol–water partition coefficient (Wildman–Crippen LogP) is 1.97. The molecule has 1 aromatic heterocycles. The first-order valence-corrected chi connectivity index (χ1v) is 4.20. The van der Waals surface area contributed by atoms with Crippen molar-refractivity contribution >= 4 is 5.78 Å². The van der Waals surface area contributed by atoms with E-state index in [2.05, 4.69) is 5.32 Å². The van der Waals surface area contributed by atoms with Gasteiger partial charge in [-0.05, 0) is 26.0 Å². The molecule has 0 unspecified atom stereocenters. The maximum absolute atomic E-state index is 11.3. The fourth-order valence-corrected chi connectivity index (χ4v) is 0.817. The van der Waals surface area contributed by atoms with Gasteiger partial charge in [0.05, 0.1) is 6.26 Å². The Bertz CT molecular complexity index is 286. The second-order valence-electron chi connectivity index (χ2n) is 3.00.